The Bertz CT molecular complexity index is 1200. The summed E-state index contributed by atoms with van der Waals surface area (Å²) in [4.78, 5) is 65.7. The number of aromatic nitrogens is 1. The third kappa shape index (κ3) is 8.91. The summed E-state index contributed by atoms with van der Waals surface area (Å²) < 4.78 is 18.4. The molecule has 3 rings (SSSR count). The number of thiol groups is 1. The quantitative estimate of drug-likeness (QED) is 0.402. The molecular weight excluding hydrogens is 529 g/mol. The van der Waals surface area contributed by atoms with Crippen molar-refractivity contribution in [2.45, 2.75) is 63.6 Å². The lowest BCUT2D eigenvalue weighted by molar-refractivity contribution is -0.132. The molecule has 1 aliphatic heterocycles. The van der Waals surface area contributed by atoms with Crippen LogP contribution in [0, 0.1) is 12.7 Å². The Hall–Kier alpha value is -3.74. The van der Waals surface area contributed by atoms with Crippen molar-refractivity contribution in [2.24, 2.45) is 0 Å². The third-order valence-corrected chi connectivity index (χ3v) is 6.70. The van der Waals surface area contributed by atoms with E-state index < -0.39 is 46.8 Å². The van der Waals surface area contributed by atoms with Crippen molar-refractivity contribution in [1.29, 1.82) is 0 Å². The molecule has 0 aliphatic carbocycles. The van der Waals surface area contributed by atoms with Gasteiger partial charge in [0.1, 0.15) is 23.7 Å². The average Bonchev–Trinajstić information content (AvgIpc) is 3.34. The van der Waals surface area contributed by atoms with Gasteiger partial charge in [-0.15, -0.1) is 12.6 Å². The molecule has 4 amide bonds. The fraction of sp³-hybridized carbons (Fsp3) is 0.462. The molecule has 1 aromatic carbocycles. The highest BCUT2D eigenvalue weighted by Gasteiger charge is 2.30. The second-order valence-electron chi connectivity index (χ2n) is 9.49. The first kappa shape index (κ1) is 29.8. The van der Waals surface area contributed by atoms with Gasteiger partial charge in [-0.1, -0.05) is 17.3 Å². The van der Waals surface area contributed by atoms with Crippen molar-refractivity contribution in [3.05, 3.63) is 53.2 Å². The smallest absolute Gasteiger partial charge is 0.274 e. The van der Waals surface area contributed by atoms with Gasteiger partial charge < -0.3 is 25.4 Å². The first-order valence-corrected chi connectivity index (χ1v) is 13.0. The summed E-state index contributed by atoms with van der Waals surface area (Å²) in [6.07, 6.45) is 1.29. The SMILES string of the molecule is Cc1cc(C(=O)N[C@H]2CCCCN(C)C(=O)CC[C@@H](C(=O)S)NC(=O)[C@H](Cc3ccc(F)cc3)NC2=O)no1. The molecule has 39 heavy (non-hydrogen) atoms. The average molecular weight is 562 g/mol. The van der Waals surface area contributed by atoms with E-state index in [0.717, 1.165) is 0 Å². The highest BCUT2D eigenvalue weighted by Crippen LogP contribution is 2.12. The molecule has 1 aliphatic rings. The molecule has 3 atom stereocenters. The second kappa shape index (κ2) is 13.9. The Labute approximate surface area is 230 Å². The Morgan fingerprint density at radius 1 is 1.13 bits per heavy atom. The molecule has 2 aromatic rings. The van der Waals surface area contributed by atoms with Crippen LogP contribution in [0.3, 0.4) is 0 Å². The maximum absolute atomic E-state index is 13.4. The summed E-state index contributed by atoms with van der Waals surface area (Å²) in [5.41, 5.74) is 0.552. The van der Waals surface area contributed by atoms with E-state index in [1.165, 1.54) is 35.2 Å². The van der Waals surface area contributed by atoms with Gasteiger partial charge in [0.15, 0.2) is 5.69 Å². The van der Waals surface area contributed by atoms with E-state index in [0.29, 0.717) is 30.7 Å². The predicted octanol–water partition coefficient (Wildman–Crippen LogP) is 1.31. The number of hydrogen-bond donors (Lipinski definition) is 4. The van der Waals surface area contributed by atoms with Crippen LogP contribution in [-0.2, 0) is 25.6 Å². The highest BCUT2D eigenvalue weighted by atomic mass is 32.1. The summed E-state index contributed by atoms with van der Waals surface area (Å²) in [7, 11) is 1.63. The fourth-order valence-corrected chi connectivity index (χ4v) is 4.32. The van der Waals surface area contributed by atoms with Crippen molar-refractivity contribution in [1.82, 2.24) is 26.0 Å². The van der Waals surface area contributed by atoms with E-state index in [1.807, 2.05) is 0 Å². The maximum Gasteiger partial charge on any atom is 0.274 e. The zero-order chi connectivity index (χ0) is 28.5. The summed E-state index contributed by atoms with van der Waals surface area (Å²) in [6, 6.07) is 3.57. The van der Waals surface area contributed by atoms with Crippen LogP contribution in [0.1, 0.15) is 53.9 Å². The van der Waals surface area contributed by atoms with Gasteiger partial charge in [-0.3, -0.25) is 24.0 Å². The van der Waals surface area contributed by atoms with Crippen molar-refractivity contribution < 1.29 is 32.9 Å². The fourth-order valence-electron chi connectivity index (χ4n) is 4.12. The Balaban J connectivity index is 1.88. The first-order chi connectivity index (χ1) is 18.5. The van der Waals surface area contributed by atoms with Crippen molar-refractivity contribution in [3.63, 3.8) is 0 Å². The van der Waals surface area contributed by atoms with Gasteiger partial charge in [0.05, 0.1) is 6.04 Å². The van der Waals surface area contributed by atoms with Crippen LogP contribution in [0.4, 0.5) is 4.39 Å². The molecule has 3 N–H and O–H groups in total. The summed E-state index contributed by atoms with van der Waals surface area (Å²) in [5, 5.41) is 10.9. The number of rotatable bonds is 5. The lowest BCUT2D eigenvalue weighted by atomic mass is 10.0. The van der Waals surface area contributed by atoms with Crippen LogP contribution in [0.15, 0.2) is 34.9 Å². The standard InChI is InChI=1S/C26H32FN5O6S/c1-15-13-21(31-38-15)25(36)28-18-5-3-4-12-32(2)22(33)11-10-19(26(37)39)29-24(35)20(30-23(18)34)14-16-6-8-17(27)9-7-16/h6-9,13,18-20H,3-5,10-12,14H2,1-2H3,(H,28,36)(H,29,35)(H,30,34)(H,37,39)/t18-,19-,20-/m0/s1. The number of aryl methyl sites for hydroxylation is 1. The van der Waals surface area contributed by atoms with E-state index in [2.05, 4.69) is 33.7 Å². The maximum atomic E-state index is 13.4. The number of carbonyl (C=O) groups is 5. The van der Waals surface area contributed by atoms with Crippen LogP contribution in [0.5, 0.6) is 0 Å². The summed E-state index contributed by atoms with van der Waals surface area (Å²) in [6.45, 7) is 2.03. The Morgan fingerprint density at radius 3 is 2.49 bits per heavy atom. The van der Waals surface area contributed by atoms with E-state index in [-0.39, 0.29) is 37.3 Å². The number of carbonyl (C=O) groups excluding carboxylic acids is 5. The summed E-state index contributed by atoms with van der Waals surface area (Å²) in [5.74, 6) is -2.19. The van der Waals surface area contributed by atoms with Crippen molar-refractivity contribution in [2.75, 3.05) is 13.6 Å². The van der Waals surface area contributed by atoms with Crippen LogP contribution in [0.2, 0.25) is 0 Å². The molecule has 1 fully saturated rings. The van der Waals surface area contributed by atoms with Crippen LogP contribution in [0.25, 0.3) is 0 Å². The second-order valence-corrected chi connectivity index (χ2v) is 9.93. The number of benzene rings is 1. The molecule has 1 aromatic heterocycles. The minimum Gasteiger partial charge on any atom is -0.361 e. The number of amides is 4. The van der Waals surface area contributed by atoms with Gasteiger partial charge >= 0.3 is 0 Å². The van der Waals surface area contributed by atoms with Crippen molar-refractivity contribution >= 4 is 41.4 Å². The van der Waals surface area contributed by atoms with E-state index in [4.69, 9.17) is 4.52 Å². The van der Waals surface area contributed by atoms with Crippen LogP contribution >= 0.6 is 12.6 Å². The van der Waals surface area contributed by atoms with Gasteiger partial charge in [0, 0.05) is 32.5 Å². The molecule has 13 heteroatoms. The molecule has 2 heterocycles. The molecular formula is C26H32FN5O6S. The Morgan fingerprint density at radius 2 is 1.85 bits per heavy atom. The number of hydrogen-bond acceptors (Lipinski definition) is 7. The predicted molar refractivity (Wildman–Crippen MR) is 141 cm³/mol. The number of halogens is 1. The highest BCUT2D eigenvalue weighted by molar-refractivity contribution is 7.96. The third-order valence-electron chi connectivity index (χ3n) is 6.39. The topological polar surface area (TPSA) is 151 Å². The van der Waals surface area contributed by atoms with E-state index in [1.54, 1.807) is 14.0 Å². The van der Waals surface area contributed by atoms with Crippen LogP contribution < -0.4 is 16.0 Å². The Kier molecular flexibility index (Phi) is 10.6. The van der Waals surface area contributed by atoms with Gasteiger partial charge in [-0.2, -0.15) is 0 Å². The monoisotopic (exact) mass is 561 g/mol. The molecule has 0 saturated carbocycles. The largest absolute Gasteiger partial charge is 0.361 e. The normalized spacial score (nSPS) is 21.8. The lowest BCUT2D eigenvalue weighted by Gasteiger charge is -2.24. The van der Waals surface area contributed by atoms with Crippen molar-refractivity contribution in [3.8, 4) is 0 Å². The number of nitrogens with one attached hydrogen (secondary N) is 3. The van der Waals surface area contributed by atoms with Gasteiger partial charge in [-0.25, -0.2) is 4.39 Å². The van der Waals surface area contributed by atoms with Gasteiger partial charge in [-0.05, 0) is 50.3 Å². The lowest BCUT2D eigenvalue weighted by Crippen LogP contribution is -2.56. The molecule has 0 bridgehead atoms. The van der Waals surface area contributed by atoms with E-state index in [9.17, 15) is 28.4 Å². The zero-order valence-electron chi connectivity index (χ0n) is 21.7. The number of nitrogens with zero attached hydrogens (tertiary/aromatic N) is 2. The van der Waals surface area contributed by atoms with E-state index >= 15 is 0 Å². The minimum atomic E-state index is -1.17. The molecule has 1 saturated heterocycles. The van der Waals surface area contributed by atoms with Gasteiger partial charge in [0.25, 0.3) is 5.91 Å². The molecule has 0 unspecified atom stereocenters. The first-order valence-electron chi connectivity index (χ1n) is 12.6. The molecule has 210 valence electrons. The molecule has 0 spiro atoms. The molecule has 11 nitrogen and oxygen atoms in total. The van der Waals surface area contributed by atoms with Gasteiger partial charge in [0.2, 0.25) is 22.8 Å². The van der Waals surface area contributed by atoms with Crippen LogP contribution in [-0.4, -0.2) is 70.5 Å². The zero-order valence-corrected chi connectivity index (χ0v) is 22.6. The summed E-state index contributed by atoms with van der Waals surface area (Å²) >= 11 is 3.86. The minimum absolute atomic E-state index is 0.00254. The molecule has 0 radical (unpaired) electrons.